The summed E-state index contributed by atoms with van der Waals surface area (Å²) in [6.07, 6.45) is -2.02. The van der Waals surface area contributed by atoms with Crippen molar-refractivity contribution < 1.29 is 37.4 Å². The van der Waals surface area contributed by atoms with Crippen LogP contribution in [0, 0.1) is 0 Å². The first-order valence-corrected chi connectivity index (χ1v) is 12.2. The zero-order valence-electron chi connectivity index (χ0n) is 18.7. The van der Waals surface area contributed by atoms with Crippen LogP contribution >= 0.6 is 7.75 Å². The topological polar surface area (TPSA) is 102 Å². The number of carbonyl (C=O) groups is 1. The van der Waals surface area contributed by atoms with Crippen LogP contribution in [-0.4, -0.2) is 49.8 Å². The van der Waals surface area contributed by atoms with Crippen molar-refractivity contribution in [3.05, 3.63) is 60.7 Å². The van der Waals surface area contributed by atoms with Crippen LogP contribution in [0.3, 0.4) is 0 Å². The standard InChI is InChI=1S/C23H28NO8P/c1-23(2)29-21-18(14-20(25)27-3)28-19(22(21)30-23)15-24-33(26,31-16-10-6-4-7-11-16)32-17-12-8-5-9-13-17/h4-13,18-19,21-22H,14-15H2,1-3H3,(H,24,26)/t18-,19-,21+,22-/m1/s1. The fraction of sp³-hybridized carbons (Fsp3) is 0.435. The number of ether oxygens (including phenoxy) is 4. The molecule has 178 valence electrons. The maximum absolute atomic E-state index is 13.7. The van der Waals surface area contributed by atoms with Crippen molar-refractivity contribution in [2.45, 2.75) is 50.5 Å². The molecule has 2 heterocycles. The summed E-state index contributed by atoms with van der Waals surface area (Å²) in [4.78, 5) is 11.8. The summed E-state index contributed by atoms with van der Waals surface area (Å²) in [7, 11) is -2.53. The van der Waals surface area contributed by atoms with Crippen LogP contribution in [-0.2, 0) is 28.3 Å². The van der Waals surface area contributed by atoms with E-state index in [2.05, 4.69) is 5.09 Å². The van der Waals surface area contributed by atoms with Crippen molar-refractivity contribution in [1.82, 2.24) is 5.09 Å². The highest BCUT2D eigenvalue weighted by molar-refractivity contribution is 7.52. The molecule has 0 radical (unpaired) electrons. The number of esters is 1. The van der Waals surface area contributed by atoms with Crippen molar-refractivity contribution in [3.63, 3.8) is 0 Å². The van der Waals surface area contributed by atoms with E-state index >= 15 is 0 Å². The van der Waals surface area contributed by atoms with Crippen molar-refractivity contribution in [3.8, 4) is 11.5 Å². The highest BCUT2D eigenvalue weighted by Crippen LogP contribution is 2.46. The Bertz CT molecular complexity index is 941. The second-order valence-electron chi connectivity index (χ2n) is 8.23. The van der Waals surface area contributed by atoms with Crippen LogP contribution in [0.5, 0.6) is 11.5 Å². The van der Waals surface area contributed by atoms with Gasteiger partial charge >= 0.3 is 13.7 Å². The molecule has 2 aromatic carbocycles. The second kappa shape index (κ2) is 9.83. The van der Waals surface area contributed by atoms with Gasteiger partial charge in [0.25, 0.3) is 0 Å². The number of nitrogens with one attached hydrogen (secondary N) is 1. The predicted molar refractivity (Wildman–Crippen MR) is 119 cm³/mol. The Labute approximate surface area is 192 Å². The van der Waals surface area contributed by atoms with E-state index in [0.29, 0.717) is 11.5 Å². The van der Waals surface area contributed by atoms with E-state index in [1.165, 1.54) is 7.11 Å². The maximum Gasteiger partial charge on any atom is 0.512 e. The Balaban J connectivity index is 1.50. The normalized spacial score (nSPS) is 25.9. The summed E-state index contributed by atoms with van der Waals surface area (Å²) in [6.45, 7) is 3.68. The maximum atomic E-state index is 13.7. The third-order valence-corrected chi connectivity index (χ3v) is 6.74. The summed E-state index contributed by atoms with van der Waals surface area (Å²) in [5, 5.41) is 2.90. The van der Waals surface area contributed by atoms with Gasteiger partial charge in [-0.15, -0.1) is 0 Å². The Hall–Kier alpha value is -2.42. The highest BCUT2D eigenvalue weighted by atomic mass is 31.2. The van der Waals surface area contributed by atoms with Gasteiger partial charge in [-0.3, -0.25) is 4.79 Å². The molecule has 0 unspecified atom stereocenters. The van der Waals surface area contributed by atoms with Gasteiger partial charge in [-0.1, -0.05) is 36.4 Å². The SMILES string of the molecule is COC(=O)C[C@H]1O[C@H](CNP(=O)(Oc2ccccc2)Oc2ccccc2)[C@H]2OC(C)(C)O[C@H]21. The fourth-order valence-electron chi connectivity index (χ4n) is 3.87. The lowest BCUT2D eigenvalue weighted by atomic mass is 10.1. The van der Waals surface area contributed by atoms with Gasteiger partial charge in [0.15, 0.2) is 5.79 Å². The Morgan fingerprint density at radius 2 is 1.45 bits per heavy atom. The molecule has 4 atom stereocenters. The molecule has 2 aliphatic heterocycles. The summed E-state index contributed by atoms with van der Waals surface area (Å²) in [5.74, 6) is -0.471. The number of hydrogen-bond acceptors (Lipinski definition) is 8. The minimum Gasteiger partial charge on any atom is -0.469 e. The molecule has 2 aromatic rings. The van der Waals surface area contributed by atoms with Gasteiger partial charge in [-0.2, -0.15) is 5.09 Å². The lowest BCUT2D eigenvalue weighted by molar-refractivity contribution is -0.188. The molecule has 10 heteroatoms. The van der Waals surface area contributed by atoms with Crippen LogP contribution < -0.4 is 14.1 Å². The molecule has 0 aromatic heterocycles. The Kier molecular flexibility index (Phi) is 7.07. The Morgan fingerprint density at radius 3 is 1.97 bits per heavy atom. The van der Waals surface area contributed by atoms with Gasteiger partial charge in [0.2, 0.25) is 0 Å². The number of rotatable bonds is 9. The van der Waals surface area contributed by atoms with E-state index in [0.717, 1.165) is 0 Å². The number of hydrogen-bond donors (Lipinski definition) is 1. The van der Waals surface area contributed by atoms with E-state index in [-0.39, 0.29) is 13.0 Å². The molecular formula is C23H28NO8P. The number of para-hydroxylation sites is 2. The molecule has 33 heavy (non-hydrogen) atoms. The van der Waals surface area contributed by atoms with E-state index in [1.54, 1.807) is 62.4 Å². The van der Waals surface area contributed by atoms with Gasteiger partial charge in [-0.05, 0) is 38.1 Å². The third-order valence-electron chi connectivity index (χ3n) is 5.27. The second-order valence-corrected chi connectivity index (χ2v) is 9.90. The summed E-state index contributed by atoms with van der Waals surface area (Å²) in [5.41, 5.74) is 0. The molecule has 2 aliphatic rings. The molecule has 1 N–H and O–H groups in total. The minimum absolute atomic E-state index is 0.0201. The third kappa shape index (κ3) is 5.93. The van der Waals surface area contributed by atoms with Gasteiger partial charge in [0.05, 0.1) is 19.6 Å². The zero-order valence-corrected chi connectivity index (χ0v) is 19.6. The van der Waals surface area contributed by atoms with Gasteiger partial charge in [0.1, 0.15) is 29.8 Å². The summed E-state index contributed by atoms with van der Waals surface area (Å²) in [6, 6.07) is 17.5. The lowest BCUT2D eigenvalue weighted by Gasteiger charge is -2.25. The van der Waals surface area contributed by atoms with Gasteiger partial charge in [0, 0.05) is 6.54 Å². The fourth-order valence-corrected chi connectivity index (χ4v) is 5.24. The predicted octanol–water partition coefficient (Wildman–Crippen LogP) is 3.69. The van der Waals surface area contributed by atoms with Crippen LogP contribution in [0.25, 0.3) is 0 Å². The molecule has 4 rings (SSSR count). The first-order valence-electron chi connectivity index (χ1n) is 10.7. The molecule has 0 aliphatic carbocycles. The van der Waals surface area contributed by atoms with Crippen molar-refractivity contribution in [1.29, 1.82) is 0 Å². The smallest absolute Gasteiger partial charge is 0.469 e. The average Bonchev–Trinajstić information content (AvgIpc) is 3.27. The molecule has 0 bridgehead atoms. The first-order chi connectivity index (χ1) is 15.8. The molecular weight excluding hydrogens is 449 g/mol. The van der Waals surface area contributed by atoms with Gasteiger partial charge in [-0.25, -0.2) is 4.57 Å². The van der Waals surface area contributed by atoms with Crippen molar-refractivity contribution >= 4 is 13.7 Å². The van der Waals surface area contributed by atoms with E-state index in [1.807, 2.05) is 12.1 Å². The molecule has 0 saturated carbocycles. The highest BCUT2D eigenvalue weighted by Gasteiger charge is 2.55. The number of benzene rings is 2. The minimum atomic E-state index is -3.86. The van der Waals surface area contributed by atoms with Crippen LogP contribution in [0.1, 0.15) is 20.3 Å². The number of methoxy groups -OCH3 is 1. The van der Waals surface area contributed by atoms with Crippen molar-refractivity contribution in [2.24, 2.45) is 0 Å². The quantitative estimate of drug-likeness (QED) is 0.428. The molecule has 9 nitrogen and oxygen atoms in total. The lowest BCUT2D eigenvalue weighted by Crippen LogP contribution is -2.37. The number of fused-ring (bicyclic) bond motifs is 1. The van der Waals surface area contributed by atoms with Crippen LogP contribution in [0.2, 0.25) is 0 Å². The van der Waals surface area contributed by atoms with Crippen LogP contribution in [0.15, 0.2) is 60.7 Å². The number of carbonyl (C=O) groups excluding carboxylic acids is 1. The van der Waals surface area contributed by atoms with E-state index in [4.69, 9.17) is 28.0 Å². The summed E-state index contributed by atoms with van der Waals surface area (Å²) >= 11 is 0. The Morgan fingerprint density at radius 1 is 0.939 bits per heavy atom. The van der Waals surface area contributed by atoms with E-state index in [9.17, 15) is 9.36 Å². The van der Waals surface area contributed by atoms with Crippen molar-refractivity contribution in [2.75, 3.05) is 13.7 Å². The monoisotopic (exact) mass is 477 g/mol. The largest absolute Gasteiger partial charge is 0.512 e. The van der Waals surface area contributed by atoms with Crippen LogP contribution in [0.4, 0.5) is 0 Å². The molecule has 2 fully saturated rings. The summed E-state index contributed by atoms with van der Waals surface area (Å²) < 4.78 is 48.0. The molecule has 2 saturated heterocycles. The van der Waals surface area contributed by atoms with Gasteiger partial charge < -0.3 is 28.0 Å². The van der Waals surface area contributed by atoms with E-state index < -0.39 is 43.9 Å². The molecule has 0 spiro atoms. The average molecular weight is 477 g/mol. The first kappa shape index (κ1) is 23.7. The zero-order chi connectivity index (χ0) is 23.5. The molecule has 0 amide bonds.